The van der Waals surface area contributed by atoms with Crippen molar-refractivity contribution in [1.82, 2.24) is 0 Å². The summed E-state index contributed by atoms with van der Waals surface area (Å²) in [5.74, 6) is 0. The molecule has 5 heteroatoms. The lowest BCUT2D eigenvalue weighted by Gasteiger charge is -2.10. The lowest BCUT2D eigenvalue weighted by Crippen LogP contribution is -1.99. The molecule has 3 nitrogen and oxygen atoms in total. The Hall–Kier alpha value is 0.0800. The van der Waals surface area contributed by atoms with Crippen molar-refractivity contribution >= 4 is 7.91 Å². The van der Waals surface area contributed by atoms with Crippen LogP contribution in [0.15, 0.2) is 0 Å². The van der Waals surface area contributed by atoms with Gasteiger partial charge in [0, 0.05) is 0 Å². The van der Waals surface area contributed by atoms with Crippen LogP contribution in [0.2, 0.25) is 0 Å². The van der Waals surface area contributed by atoms with Crippen LogP contribution in [0.25, 0.3) is 0 Å². The van der Waals surface area contributed by atoms with Crippen molar-refractivity contribution in [2.24, 2.45) is 0 Å². The molecule has 0 aromatic carbocycles. The SMILES string of the molecule is CCO[P@](=O)(F)OC(C)C. The van der Waals surface area contributed by atoms with Crippen LogP contribution in [0.3, 0.4) is 0 Å². The molecular formula is C5H12FO3P. The third kappa shape index (κ3) is 4.91. The van der Waals surface area contributed by atoms with Gasteiger partial charge in [-0.2, -0.15) is 0 Å². The summed E-state index contributed by atoms with van der Waals surface area (Å²) in [5, 5.41) is 0. The van der Waals surface area contributed by atoms with Gasteiger partial charge in [0.2, 0.25) is 0 Å². The zero-order valence-corrected chi connectivity index (χ0v) is 7.23. The van der Waals surface area contributed by atoms with Crippen LogP contribution in [0.1, 0.15) is 20.8 Å². The molecule has 0 aromatic heterocycles. The maximum absolute atomic E-state index is 12.5. The summed E-state index contributed by atoms with van der Waals surface area (Å²) in [4.78, 5) is 0. The minimum absolute atomic E-state index is 0.0560. The summed E-state index contributed by atoms with van der Waals surface area (Å²) in [6.07, 6.45) is -0.414. The predicted molar refractivity (Wildman–Crippen MR) is 36.6 cm³/mol. The highest BCUT2D eigenvalue weighted by molar-refractivity contribution is 7.48. The smallest absolute Gasteiger partial charge is 0.284 e. The fourth-order valence-corrected chi connectivity index (χ4v) is 1.31. The molecule has 0 amide bonds. The molecule has 0 aliphatic heterocycles. The maximum Gasteiger partial charge on any atom is 0.513 e. The molecule has 0 saturated carbocycles. The highest BCUT2D eigenvalue weighted by Crippen LogP contribution is 2.50. The van der Waals surface area contributed by atoms with E-state index in [-0.39, 0.29) is 6.61 Å². The predicted octanol–water partition coefficient (Wildman–Crippen LogP) is 2.53. The fraction of sp³-hybridized carbons (Fsp3) is 1.00. The van der Waals surface area contributed by atoms with Gasteiger partial charge in [-0.1, -0.05) is 0 Å². The summed E-state index contributed by atoms with van der Waals surface area (Å²) >= 11 is 0. The fourth-order valence-electron chi connectivity index (χ4n) is 0.436. The van der Waals surface area contributed by atoms with E-state index >= 15 is 0 Å². The first-order chi connectivity index (χ1) is 4.48. The van der Waals surface area contributed by atoms with Crippen molar-refractivity contribution in [1.29, 1.82) is 0 Å². The molecule has 0 spiro atoms. The Balaban J connectivity index is 3.75. The van der Waals surface area contributed by atoms with Gasteiger partial charge in [0.1, 0.15) is 0 Å². The summed E-state index contributed by atoms with van der Waals surface area (Å²) in [7, 11) is -4.25. The summed E-state index contributed by atoms with van der Waals surface area (Å²) < 4.78 is 31.5. The van der Waals surface area contributed by atoms with E-state index in [1.54, 1.807) is 20.8 Å². The molecular weight excluding hydrogens is 158 g/mol. The van der Waals surface area contributed by atoms with E-state index in [4.69, 9.17) is 0 Å². The Labute approximate surface area is 60.2 Å². The number of rotatable bonds is 4. The summed E-state index contributed by atoms with van der Waals surface area (Å²) in [6.45, 7) is 4.78. The van der Waals surface area contributed by atoms with Gasteiger partial charge in [0.25, 0.3) is 0 Å². The first kappa shape index (κ1) is 10.1. The molecule has 1 atom stereocenters. The molecule has 0 unspecified atom stereocenters. The maximum atomic E-state index is 12.5. The number of hydrogen-bond acceptors (Lipinski definition) is 3. The Morgan fingerprint density at radius 1 is 1.60 bits per heavy atom. The molecule has 0 fully saturated rings. The van der Waals surface area contributed by atoms with Crippen molar-refractivity contribution in [2.45, 2.75) is 26.9 Å². The molecule has 0 N–H and O–H groups in total. The quantitative estimate of drug-likeness (QED) is 0.608. The van der Waals surface area contributed by atoms with Crippen molar-refractivity contribution in [3.63, 3.8) is 0 Å². The van der Waals surface area contributed by atoms with Crippen molar-refractivity contribution < 1.29 is 17.8 Å². The molecule has 0 rings (SSSR count). The first-order valence-corrected chi connectivity index (χ1v) is 4.54. The van der Waals surface area contributed by atoms with E-state index in [1.807, 2.05) is 0 Å². The highest BCUT2D eigenvalue weighted by Gasteiger charge is 2.24. The van der Waals surface area contributed by atoms with Gasteiger partial charge in [-0.3, -0.25) is 9.05 Å². The number of halogens is 1. The minimum Gasteiger partial charge on any atom is -0.284 e. The number of hydrogen-bond donors (Lipinski definition) is 0. The van der Waals surface area contributed by atoms with Gasteiger partial charge in [0.15, 0.2) is 0 Å². The van der Waals surface area contributed by atoms with E-state index in [9.17, 15) is 8.76 Å². The van der Waals surface area contributed by atoms with Gasteiger partial charge in [-0.25, -0.2) is 4.57 Å². The highest BCUT2D eigenvalue weighted by atomic mass is 31.2. The molecule has 0 heterocycles. The zero-order valence-electron chi connectivity index (χ0n) is 6.33. The topological polar surface area (TPSA) is 35.5 Å². The van der Waals surface area contributed by atoms with Crippen molar-refractivity contribution in [2.75, 3.05) is 6.61 Å². The van der Waals surface area contributed by atoms with E-state index in [0.717, 1.165) is 0 Å². The standard InChI is InChI=1S/C5H12FO3P/c1-4-8-10(6,7)9-5(2)3/h5H,4H2,1-3H3/t10-/m1/s1. The third-order valence-corrected chi connectivity index (χ3v) is 1.86. The van der Waals surface area contributed by atoms with E-state index < -0.39 is 14.0 Å². The van der Waals surface area contributed by atoms with Crippen LogP contribution in [0.4, 0.5) is 4.20 Å². The molecule has 0 aromatic rings. The minimum atomic E-state index is -4.25. The zero-order chi connectivity index (χ0) is 8.20. The van der Waals surface area contributed by atoms with Crippen molar-refractivity contribution in [3.05, 3.63) is 0 Å². The Morgan fingerprint density at radius 2 is 2.10 bits per heavy atom. The second kappa shape index (κ2) is 4.06. The van der Waals surface area contributed by atoms with Gasteiger partial charge in [-0.05, 0) is 20.8 Å². The molecule has 0 saturated heterocycles. The summed E-state index contributed by atoms with van der Waals surface area (Å²) in [6, 6.07) is 0. The second-order valence-corrected chi connectivity index (χ2v) is 3.33. The Morgan fingerprint density at radius 3 is 2.40 bits per heavy atom. The van der Waals surface area contributed by atoms with Crippen LogP contribution in [0.5, 0.6) is 0 Å². The lowest BCUT2D eigenvalue weighted by molar-refractivity contribution is 0.147. The van der Waals surface area contributed by atoms with Gasteiger partial charge >= 0.3 is 7.91 Å². The molecule has 0 bridgehead atoms. The normalized spacial score (nSPS) is 17.3. The van der Waals surface area contributed by atoms with Crippen molar-refractivity contribution in [3.8, 4) is 0 Å². The van der Waals surface area contributed by atoms with Gasteiger partial charge < -0.3 is 0 Å². The average molecular weight is 170 g/mol. The van der Waals surface area contributed by atoms with E-state index in [1.165, 1.54) is 0 Å². The Kier molecular flexibility index (Phi) is 4.09. The second-order valence-electron chi connectivity index (χ2n) is 2.00. The van der Waals surface area contributed by atoms with Crippen LogP contribution in [0, 0.1) is 0 Å². The van der Waals surface area contributed by atoms with Gasteiger partial charge in [0.05, 0.1) is 12.7 Å². The van der Waals surface area contributed by atoms with E-state index in [0.29, 0.717) is 0 Å². The van der Waals surface area contributed by atoms with Crippen LogP contribution < -0.4 is 0 Å². The van der Waals surface area contributed by atoms with Gasteiger partial charge in [-0.15, -0.1) is 4.20 Å². The molecule has 0 aliphatic carbocycles. The molecule has 62 valence electrons. The lowest BCUT2D eigenvalue weighted by atomic mass is 10.5. The van der Waals surface area contributed by atoms with E-state index in [2.05, 4.69) is 9.05 Å². The van der Waals surface area contributed by atoms with Crippen LogP contribution in [-0.2, 0) is 13.6 Å². The Bertz CT molecular complexity index is 137. The molecule has 10 heavy (non-hydrogen) atoms. The first-order valence-electron chi connectivity index (χ1n) is 3.10. The average Bonchev–Trinajstić information content (AvgIpc) is 1.59. The molecule has 0 radical (unpaired) electrons. The summed E-state index contributed by atoms with van der Waals surface area (Å²) in [5.41, 5.74) is 0. The van der Waals surface area contributed by atoms with Crippen LogP contribution >= 0.6 is 7.91 Å². The monoisotopic (exact) mass is 170 g/mol. The largest absolute Gasteiger partial charge is 0.513 e. The van der Waals surface area contributed by atoms with Crippen LogP contribution in [-0.4, -0.2) is 12.7 Å². The molecule has 0 aliphatic rings. The third-order valence-electron chi connectivity index (χ3n) is 0.620.